The van der Waals surface area contributed by atoms with Crippen molar-refractivity contribution in [2.24, 2.45) is 0 Å². The van der Waals surface area contributed by atoms with Gasteiger partial charge >= 0.3 is 0 Å². The van der Waals surface area contributed by atoms with Crippen molar-refractivity contribution in [2.75, 3.05) is 33.4 Å². The van der Waals surface area contributed by atoms with Crippen LogP contribution in [0.1, 0.15) is 17.2 Å². The Balaban J connectivity index is 1.45. The summed E-state index contributed by atoms with van der Waals surface area (Å²) in [5.41, 5.74) is 3.08. The van der Waals surface area contributed by atoms with Gasteiger partial charge in [-0.3, -0.25) is 9.59 Å². The lowest BCUT2D eigenvalue weighted by atomic mass is 10.0. The van der Waals surface area contributed by atoms with Gasteiger partial charge in [0.2, 0.25) is 18.4 Å². The average Bonchev–Trinajstić information content (AvgIpc) is 3.71. The standard InChI is InChI=1S/C33H31N5O7/c1-41-28-15-22(16-29(42-2)32(28)43-3)31(33(40)34-23-13-14-26-27(17-23)45-20-44-26)37(18-21-9-5-4-6-10-21)30(39)19-38-25-12-8-7-11-24(25)35-36-38/h4-17,31H,18-20H2,1-3H3,(H,34,40). The molecule has 0 saturated heterocycles. The number of benzene rings is 4. The number of hydrogen-bond acceptors (Lipinski definition) is 9. The number of hydrogen-bond donors (Lipinski definition) is 1. The minimum absolute atomic E-state index is 0.0944. The van der Waals surface area contributed by atoms with E-state index in [-0.39, 0.29) is 25.8 Å². The van der Waals surface area contributed by atoms with Crippen molar-refractivity contribution in [3.8, 4) is 28.7 Å². The number of rotatable bonds is 11. The van der Waals surface area contributed by atoms with Gasteiger partial charge < -0.3 is 33.9 Å². The summed E-state index contributed by atoms with van der Waals surface area (Å²) in [5.74, 6) is 1.27. The first-order valence-electron chi connectivity index (χ1n) is 14.1. The second-order valence-electron chi connectivity index (χ2n) is 10.2. The van der Waals surface area contributed by atoms with E-state index in [0.717, 1.165) is 5.56 Å². The molecule has 0 aliphatic carbocycles. The molecule has 1 aliphatic heterocycles. The van der Waals surface area contributed by atoms with Crippen LogP contribution in [0.15, 0.2) is 84.9 Å². The summed E-state index contributed by atoms with van der Waals surface area (Å²) in [7, 11) is 4.48. The fraction of sp³-hybridized carbons (Fsp3) is 0.212. The van der Waals surface area contributed by atoms with Gasteiger partial charge in [0, 0.05) is 18.3 Å². The van der Waals surface area contributed by atoms with E-state index in [9.17, 15) is 9.59 Å². The van der Waals surface area contributed by atoms with Gasteiger partial charge in [0.25, 0.3) is 5.91 Å². The number of fused-ring (bicyclic) bond motifs is 2. The van der Waals surface area contributed by atoms with Crippen molar-refractivity contribution in [1.82, 2.24) is 19.9 Å². The molecule has 1 aromatic heterocycles. The van der Waals surface area contributed by atoms with Crippen LogP contribution in [-0.4, -0.2) is 59.8 Å². The first kappa shape index (κ1) is 29.3. The van der Waals surface area contributed by atoms with Gasteiger partial charge in [0.15, 0.2) is 23.0 Å². The van der Waals surface area contributed by atoms with Crippen LogP contribution in [0.25, 0.3) is 11.0 Å². The third kappa shape index (κ3) is 6.03. The molecule has 1 unspecified atom stereocenters. The molecular formula is C33H31N5O7. The molecule has 230 valence electrons. The van der Waals surface area contributed by atoms with Crippen LogP contribution < -0.4 is 29.0 Å². The number of amides is 2. The summed E-state index contributed by atoms with van der Waals surface area (Å²) in [6.45, 7) is 0.0465. The topological polar surface area (TPSA) is 126 Å². The van der Waals surface area contributed by atoms with Gasteiger partial charge in [-0.2, -0.15) is 0 Å². The highest BCUT2D eigenvalue weighted by molar-refractivity contribution is 5.98. The number of carbonyl (C=O) groups is 2. The highest BCUT2D eigenvalue weighted by Crippen LogP contribution is 2.42. The molecular weight excluding hydrogens is 578 g/mol. The Hall–Kier alpha value is -5.78. The minimum Gasteiger partial charge on any atom is -0.493 e. The highest BCUT2D eigenvalue weighted by Gasteiger charge is 2.34. The van der Waals surface area contributed by atoms with Gasteiger partial charge in [0.05, 0.1) is 26.8 Å². The number of nitrogens with one attached hydrogen (secondary N) is 1. The van der Waals surface area contributed by atoms with E-state index in [1.54, 1.807) is 30.3 Å². The Morgan fingerprint density at radius 1 is 0.889 bits per heavy atom. The third-order valence-corrected chi connectivity index (χ3v) is 7.42. The lowest BCUT2D eigenvalue weighted by molar-refractivity contribution is -0.140. The number of aromatic nitrogens is 3. The van der Waals surface area contributed by atoms with Crippen LogP contribution in [-0.2, 0) is 22.7 Å². The number of para-hydroxylation sites is 1. The SMILES string of the molecule is COc1cc(C(C(=O)Nc2ccc3c(c2)OCO3)N(Cc2ccccc2)C(=O)Cn2nnc3ccccc32)cc(OC)c1OC. The fourth-order valence-electron chi connectivity index (χ4n) is 5.27. The van der Waals surface area contributed by atoms with Crippen molar-refractivity contribution in [2.45, 2.75) is 19.1 Å². The van der Waals surface area contributed by atoms with Gasteiger partial charge in [-0.15, -0.1) is 5.10 Å². The lowest BCUT2D eigenvalue weighted by Crippen LogP contribution is -2.42. The summed E-state index contributed by atoms with van der Waals surface area (Å²) < 4.78 is 29.2. The molecule has 0 saturated carbocycles. The Labute approximate surface area is 259 Å². The van der Waals surface area contributed by atoms with Crippen LogP contribution in [0, 0.1) is 0 Å². The van der Waals surface area contributed by atoms with Crippen molar-refractivity contribution in [1.29, 1.82) is 0 Å². The molecule has 1 aliphatic rings. The molecule has 12 nitrogen and oxygen atoms in total. The normalized spacial score (nSPS) is 12.4. The molecule has 0 spiro atoms. The smallest absolute Gasteiger partial charge is 0.251 e. The van der Waals surface area contributed by atoms with E-state index in [2.05, 4.69) is 15.6 Å². The third-order valence-electron chi connectivity index (χ3n) is 7.42. The summed E-state index contributed by atoms with van der Waals surface area (Å²) in [6, 6.07) is 24.1. The highest BCUT2D eigenvalue weighted by atomic mass is 16.7. The van der Waals surface area contributed by atoms with Crippen LogP contribution in [0.5, 0.6) is 28.7 Å². The predicted octanol–water partition coefficient (Wildman–Crippen LogP) is 4.59. The largest absolute Gasteiger partial charge is 0.493 e. The second kappa shape index (κ2) is 12.8. The molecule has 5 aromatic rings. The number of anilines is 1. The van der Waals surface area contributed by atoms with E-state index in [4.69, 9.17) is 23.7 Å². The molecule has 0 fully saturated rings. The second-order valence-corrected chi connectivity index (χ2v) is 10.2. The first-order chi connectivity index (χ1) is 22.0. The molecule has 2 amide bonds. The summed E-state index contributed by atoms with van der Waals surface area (Å²) >= 11 is 0. The van der Waals surface area contributed by atoms with Crippen molar-refractivity contribution < 1.29 is 33.3 Å². The predicted molar refractivity (Wildman–Crippen MR) is 165 cm³/mol. The molecule has 12 heteroatoms. The Bertz CT molecular complexity index is 1820. The molecule has 0 radical (unpaired) electrons. The van der Waals surface area contributed by atoms with Crippen LogP contribution in [0.4, 0.5) is 5.69 Å². The van der Waals surface area contributed by atoms with E-state index in [1.807, 2.05) is 54.6 Å². The maximum absolute atomic E-state index is 14.4. The lowest BCUT2D eigenvalue weighted by Gasteiger charge is -2.32. The molecule has 6 rings (SSSR count). The molecule has 1 N–H and O–H groups in total. The van der Waals surface area contributed by atoms with Gasteiger partial charge in [-0.1, -0.05) is 47.7 Å². The van der Waals surface area contributed by atoms with Gasteiger partial charge in [-0.25, -0.2) is 4.68 Å². The minimum atomic E-state index is -1.15. The van der Waals surface area contributed by atoms with Crippen molar-refractivity contribution in [3.63, 3.8) is 0 Å². The monoisotopic (exact) mass is 609 g/mol. The molecule has 0 bridgehead atoms. The van der Waals surface area contributed by atoms with Crippen molar-refractivity contribution >= 4 is 28.5 Å². The molecule has 2 heterocycles. The summed E-state index contributed by atoms with van der Waals surface area (Å²) in [4.78, 5) is 30.3. The maximum atomic E-state index is 14.4. The van der Waals surface area contributed by atoms with E-state index >= 15 is 0 Å². The number of carbonyl (C=O) groups excluding carboxylic acids is 2. The summed E-state index contributed by atoms with van der Waals surface area (Å²) in [5, 5.41) is 11.4. The zero-order valence-corrected chi connectivity index (χ0v) is 24.9. The van der Waals surface area contributed by atoms with E-state index in [1.165, 1.54) is 30.9 Å². The number of ether oxygens (including phenoxy) is 5. The molecule has 45 heavy (non-hydrogen) atoms. The van der Waals surface area contributed by atoms with Gasteiger partial charge in [-0.05, 0) is 47.5 Å². The Morgan fingerprint density at radius 2 is 1.60 bits per heavy atom. The summed E-state index contributed by atoms with van der Waals surface area (Å²) in [6.07, 6.45) is 0. The fourth-order valence-corrected chi connectivity index (χ4v) is 5.27. The van der Waals surface area contributed by atoms with E-state index in [0.29, 0.717) is 51.0 Å². The Morgan fingerprint density at radius 3 is 2.33 bits per heavy atom. The van der Waals surface area contributed by atoms with E-state index < -0.39 is 11.9 Å². The molecule has 4 aromatic carbocycles. The maximum Gasteiger partial charge on any atom is 0.251 e. The van der Waals surface area contributed by atoms with Gasteiger partial charge in [0.1, 0.15) is 18.1 Å². The Kier molecular flexibility index (Phi) is 8.36. The number of methoxy groups -OCH3 is 3. The first-order valence-corrected chi connectivity index (χ1v) is 14.1. The van der Waals surface area contributed by atoms with Crippen LogP contribution >= 0.6 is 0 Å². The van der Waals surface area contributed by atoms with Crippen LogP contribution in [0.3, 0.4) is 0 Å². The zero-order valence-electron chi connectivity index (χ0n) is 24.9. The van der Waals surface area contributed by atoms with Crippen molar-refractivity contribution in [3.05, 3.63) is 96.1 Å². The quantitative estimate of drug-likeness (QED) is 0.229. The van der Waals surface area contributed by atoms with Crippen LogP contribution in [0.2, 0.25) is 0 Å². The zero-order chi connectivity index (χ0) is 31.3. The average molecular weight is 610 g/mol. The number of nitrogens with zero attached hydrogens (tertiary/aromatic N) is 4. The molecule has 1 atom stereocenters.